The van der Waals surface area contributed by atoms with Gasteiger partial charge in [0.05, 0.1) is 5.56 Å². The SMILES string of the molecule is Cc1ccccc1CNCc1cc(N(C)C)c2c(c1O)C(O)=C1C(=O)[C@]3(O)C(O)=C(C(N)=O)C(=O)[C@@H](C(C)C)[C@@H]3C[C@@H]1C2. The topological polar surface area (TPSA) is 173 Å². The number of ketones is 2. The lowest BCUT2D eigenvalue weighted by Gasteiger charge is -2.50. The van der Waals surface area contributed by atoms with Crippen LogP contribution in [-0.2, 0) is 33.9 Å². The number of carbonyl (C=O) groups is 3. The van der Waals surface area contributed by atoms with Gasteiger partial charge >= 0.3 is 0 Å². The van der Waals surface area contributed by atoms with E-state index in [-0.39, 0.29) is 42.2 Å². The zero-order chi connectivity index (χ0) is 31.5. The number of benzene rings is 2. The predicted octanol–water partition coefficient (Wildman–Crippen LogP) is 2.97. The number of aliphatic hydroxyl groups is 3. The van der Waals surface area contributed by atoms with Gasteiger partial charge in [-0.1, -0.05) is 38.1 Å². The van der Waals surface area contributed by atoms with Crippen molar-refractivity contribution in [1.82, 2.24) is 5.32 Å². The summed E-state index contributed by atoms with van der Waals surface area (Å²) in [6.07, 6.45) is 0.330. The number of aryl methyl sites for hydroxylation is 1. The van der Waals surface area contributed by atoms with Crippen molar-refractivity contribution in [2.75, 3.05) is 19.0 Å². The molecule has 3 aliphatic rings. The second kappa shape index (κ2) is 10.8. The number of fused-ring (bicyclic) bond motifs is 3. The maximum absolute atomic E-state index is 14.1. The zero-order valence-corrected chi connectivity index (χ0v) is 25.1. The van der Waals surface area contributed by atoms with Crippen molar-refractivity contribution in [3.05, 3.63) is 75.1 Å². The van der Waals surface area contributed by atoms with Crippen molar-refractivity contribution in [3.63, 3.8) is 0 Å². The van der Waals surface area contributed by atoms with Crippen LogP contribution in [0.2, 0.25) is 0 Å². The number of phenolic OH excluding ortho intramolecular Hbond substituents is 1. The summed E-state index contributed by atoms with van der Waals surface area (Å²) >= 11 is 0. The molecule has 1 fully saturated rings. The number of nitrogens with one attached hydrogen (secondary N) is 1. The summed E-state index contributed by atoms with van der Waals surface area (Å²) in [5, 5.41) is 49.4. The highest BCUT2D eigenvalue weighted by Gasteiger charge is 2.64. The van der Waals surface area contributed by atoms with Crippen LogP contribution in [0.15, 0.2) is 47.2 Å². The molecule has 0 saturated heterocycles. The van der Waals surface area contributed by atoms with Crippen LogP contribution in [0.1, 0.15) is 48.1 Å². The summed E-state index contributed by atoms with van der Waals surface area (Å²) in [4.78, 5) is 41.5. The molecule has 43 heavy (non-hydrogen) atoms. The molecule has 10 nitrogen and oxygen atoms in total. The molecular formula is C33H39N3O7. The van der Waals surface area contributed by atoms with Crippen molar-refractivity contribution >= 4 is 28.9 Å². The quantitative estimate of drug-likeness (QED) is 0.265. The molecule has 0 spiro atoms. The van der Waals surface area contributed by atoms with E-state index in [0.29, 0.717) is 17.7 Å². The third kappa shape index (κ3) is 4.60. The molecule has 228 valence electrons. The van der Waals surface area contributed by atoms with E-state index in [1.54, 1.807) is 13.8 Å². The van der Waals surface area contributed by atoms with Gasteiger partial charge in [-0.05, 0) is 54.4 Å². The van der Waals surface area contributed by atoms with Crippen molar-refractivity contribution in [3.8, 4) is 5.75 Å². The fraction of sp³-hybridized carbons (Fsp3) is 0.424. The van der Waals surface area contributed by atoms with Crippen molar-refractivity contribution < 1.29 is 34.8 Å². The summed E-state index contributed by atoms with van der Waals surface area (Å²) in [6.45, 7) is 6.31. The van der Waals surface area contributed by atoms with Crippen LogP contribution in [0.4, 0.5) is 5.69 Å². The Balaban J connectivity index is 1.62. The van der Waals surface area contributed by atoms with Crippen LogP contribution in [0.25, 0.3) is 5.76 Å². The number of nitrogens with two attached hydrogens (primary N) is 1. The molecule has 2 aromatic rings. The van der Waals surface area contributed by atoms with Crippen molar-refractivity contribution in [1.29, 1.82) is 0 Å². The largest absolute Gasteiger partial charge is 0.508 e. The van der Waals surface area contributed by atoms with Crippen LogP contribution < -0.4 is 16.0 Å². The molecule has 2 aromatic carbocycles. The van der Waals surface area contributed by atoms with Gasteiger partial charge in [0.2, 0.25) is 5.78 Å². The maximum Gasteiger partial charge on any atom is 0.255 e. The minimum atomic E-state index is -2.63. The number of carbonyl (C=O) groups excluding carboxylic acids is 3. The number of hydrogen-bond donors (Lipinski definition) is 6. The van der Waals surface area contributed by atoms with Gasteiger partial charge < -0.3 is 36.4 Å². The first-order chi connectivity index (χ1) is 20.2. The number of nitrogens with zero attached hydrogens (tertiary/aromatic N) is 1. The lowest BCUT2D eigenvalue weighted by atomic mass is 9.54. The monoisotopic (exact) mass is 589 g/mol. The van der Waals surface area contributed by atoms with Crippen LogP contribution >= 0.6 is 0 Å². The van der Waals surface area contributed by atoms with E-state index in [0.717, 1.165) is 16.8 Å². The summed E-state index contributed by atoms with van der Waals surface area (Å²) in [5.74, 6) is -7.69. The molecule has 0 aromatic heterocycles. The van der Waals surface area contributed by atoms with Crippen LogP contribution in [-0.4, -0.2) is 57.6 Å². The second-order valence-corrected chi connectivity index (χ2v) is 12.5. The molecule has 5 rings (SSSR count). The number of rotatable bonds is 7. The molecule has 4 atom stereocenters. The molecule has 1 amide bonds. The first-order valence-electron chi connectivity index (χ1n) is 14.5. The molecule has 3 aliphatic carbocycles. The van der Waals surface area contributed by atoms with E-state index in [1.807, 2.05) is 56.3 Å². The Bertz CT molecular complexity index is 1610. The van der Waals surface area contributed by atoms with Gasteiger partial charge in [-0.3, -0.25) is 14.4 Å². The second-order valence-electron chi connectivity index (χ2n) is 12.5. The molecule has 10 heteroatoms. The lowest BCUT2D eigenvalue weighted by molar-refractivity contribution is -0.155. The van der Waals surface area contributed by atoms with E-state index in [1.165, 1.54) is 0 Å². The Labute approximate surface area is 250 Å². The number of primary amides is 1. The lowest BCUT2D eigenvalue weighted by Crippen LogP contribution is -2.62. The highest BCUT2D eigenvalue weighted by molar-refractivity contribution is 6.23. The van der Waals surface area contributed by atoms with E-state index in [4.69, 9.17) is 5.73 Å². The Kier molecular flexibility index (Phi) is 7.64. The van der Waals surface area contributed by atoms with E-state index >= 15 is 0 Å². The van der Waals surface area contributed by atoms with Gasteiger partial charge in [0.25, 0.3) is 5.91 Å². The molecule has 0 unspecified atom stereocenters. The first-order valence-corrected chi connectivity index (χ1v) is 14.5. The predicted molar refractivity (Wildman–Crippen MR) is 161 cm³/mol. The number of anilines is 1. The smallest absolute Gasteiger partial charge is 0.255 e. The van der Waals surface area contributed by atoms with Gasteiger partial charge in [-0.2, -0.15) is 0 Å². The number of aromatic hydroxyl groups is 1. The molecule has 0 heterocycles. The fourth-order valence-corrected chi connectivity index (χ4v) is 7.26. The van der Waals surface area contributed by atoms with Crippen LogP contribution in [0.5, 0.6) is 5.75 Å². The van der Waals surface area contributed by atoms with E-state index in [2.05, 4.69) is 5.32 Å². The number of hydrogen-bond acceptors (Lipinski definition) is 9. The minimum absolute atomic E-state index is 0.0825. The van der Waals surface area contributed by atoms with E-state index < -0.39 is 57.9 Å². The molecular weight excluding hydrogens is 550 g/mol. The van der Waals surface area contributed by atoms with Crippen LogP contribution in [0.3, 0.4) is 0 Å². The van der Waals surface area contributed by atoms with Gasteiger partial charge in [-0.25, -0.2) is 0 Å². The van der Waals surface area contributed by atoms with Gasteiger partial charge in [0.15, 0.2) is 11.4 Å². The Morgan fingerprint density at radius 3 is 2.37 bits per heavy atom. The van der Waals surface area contributed by atoms with Crippen LogP contribution in [0, 0.1) is 30.6 Å². The third-order valence-corrected chi connectivity index (χ3v) is 9.40. The Hall–Kier alpha value is -4.15. The average Bonchev–Trinajstić information content (AvgIpc) is 2.92. The first kappa shape index (κ1) is 30.3. The molecule has 7 N–H and O–H groups in total. The fourth-order valence-electron chi connectivity index (χ4n) is 7.26. The highest BCUT2D eigenvalue weighted by atomic mass is 16.3. The van der Waals surface area contributed by atoms with E-state index in [9.17, 15) is 34.8 Å². The number of aliphatic hydroxyl groups excluding tert-OH is 2. The normalized spacial score (nSPS) is 25.0. The Morgan fingerprint density at radius 1 is 1.12 bits per heavy atom. The number of amides is 1. The maximum atomic E-state index is 14.1. The number of Topliss-reactive ketones (excluding diaryl/α,β-unsaturated/α-hetero) is 2. The third-order valence-electron chi connectivity index (χ3n) is 9.40. The molecule has 1 saturated carbocycles. The van der Waals surface area contributed by atoms with Gasteiger partial charge in [0, 0.05) is 55.8 Å². The van der Waals surface area contributed by atoms with Gasteiger partial charge in [0.1, 0.15) is 22.8 Å². The molecule has 0 radical (unpaired) electrons. The summed E-state index contributed by atoms with van der Waals surface area (Å²) in [6, 6.07) is 9.80. The molecule has 0 bridgehead atoms. The van der Waals surface area contributed by atoms with Crippen molar-refractivity contribution in [2.24, 2.45) is 29.4 Å². The summed E-state index contributed by atoms with van der Waals surface area (Å²) < 4.78 is 0. The van der Waals surface area contributed by atoms with Gasteiger partial charge in [-0.15, -0.1) is 0 Å². The Morgan fingerprint density at radius 2 is 1.77 bits per heavy atom. The highest BCUT2D eigenvalue weighted by Crippen LogP contribution is 2.55. The number of phenols is 1. The average molecular weight is 590 g/mol. The standard InChI is InChI=1S/C33H39N3O7/c1-15(2)23-21-11-18-10-20-22(36(4)5)12-19(14-35-13-17-9-7-6-8-16(17)3)27(37)25(20)29(39)24(18)30(40)33(21,43)31(41)26(28(23)38)32(34)42/h6-9,12,15,18,21,23,35,37,39,41,43H,10-11,13-14H2,1-5H3,(H2,34,42)/t18-,21-,23-,33-/m0/s1. The zero-order valence-electron chi connectivity index (χ0n) is 25.1. The molecule has 0 aliphatic heterocycles. The minimum Gasteiger partial charge on any atom is -0.508 e. The van der Waals surface area contributed by atoms with Crippen molar-refractivity contribution in [2.45, 2.75) is 52.3 Å². The summed E-state index contributed by atoms with van der Waals surface area (Å²) in [5.41, 5.74) is 6.05. The summed E-state index contributed by atoms with van der Waals surface area (Å²) in [7, 11) is 3.70.